The molecule has 2 heterocycles. The van der Waals surface area contributed by atoms with Gasteiger partial charge in [0.1, 0.15) is 5.82 Å². The molecule has 4 heteroatoms. The van der Waals surface area contributed by atoms with Crippen LogP contribution in [0.15, 0.2) is 54.7 Å². The maximum absolute atomic E-state index is 4.76. The van der Waals surface area contributed by atoms with Gasteiger partial charge in [-0.05, 0) is 24.1 Å². The number of rotatable bonds is 4. The Hall–Kier alpha value is -2.59. The van der Waals surface area contributed by atoms with Crippen LogP contribution in [0.3, 0.4) is 0 Å². The van der Waals surface area contributed by atoms with E-state index in [0.717, 1.165) is 38.5 Å². The number of anilines is 2. The van der Waals surface area contributed by atoms with Crippen molar-refractivity contribution in [3.05, 3.63) is 65.9 Å². The minimum atomic E-state index is 0.824. The molecule has 0 bridgehead atoms. The Morgan fingerprint density at radius 2 is 1.84 bits per heavy atom. The molecule has 128 valence electrons. The molecule has 25 heavy (non-hydrogen) atoms. The number of benzene rings is 2. The molecule has 0 atom stereocenters. The second-order valence-corrected chi connectivity index (χ2v) is 6.57. The number of nitrogens with zero attached hydrogens (tertiary/aromatic N) is 2. The normalized spacial score (nSPS) is 14.7. The van der Waals surface area contributed by atoms with Crippen LogP contribution in [0.4, 0.5) is 11.5 Å². The smallest absolute Gasteiger partial charge is 0.136 e. The van der Waals surface area contributed by atoms with Gasteiger partial charge in [-0.2, -0.15) is 0 Å². The van der Waals surface area contributed by atoms with Gasteiger partial charge in [0.2, 0.25) is 0 Å². The van der Waals surface area contributed by atoms with Crippen molar-refractivity contribution in [3.63, 3.8) is 0 Å². The zero-order chi connectivity index (χ0) is 17.1. The lowest BCUT2D eigenvalue weighted by molar-refractivity contribution is 0.586. The third kappa shape index (κ3) is 3.30. The van der Waals surface area contributed by atoms with E-state index in [1.165, 1.54) is 27.6 Å². The summed E-state index contributed by atoms with van der Waals surface area (Å²) in [4.78, 5) is 7.15. The number of nitrogens with one attached hydrogen (secondary N) is 2. The van der Waals surface area contributed by atoms with E-state index in [1.54, 1.807) is 0 Å². The van der Waals surface area contributed by atoms with Crippen LogP contribution >= 0.6 is 0 Å². The average molecular weight is 332 g/mol. The maximum Gasteiger partial charge on any atom is 0.136 e. The van der Waals surface area contributed by atoms with Gasteiger partial charge in [-0.3, -0.25) is 0 Å². The van der Waals surface area contributed by atoms with Crippen LogP contribution in [-0.4, -0.2) is 31.2 Å². The number of aromatic nitrogens is 1. The number of hydrogen-bond donors (Lipinski definition) is 2. The van der Waals surface area contributed by atoms with Gasteiger partial charge in [-0.25, -0.2) is 4.98 Å². The Morgan fingerprint density at radius 3 is 2.64 bits per heavy atom. The lowest BCUT2D eigenvalue weighted by atomic mass is 10.0. The zero-order valence-corrected chi connectivity index (χ0v) is 14.6. The third-order valence-corrected chi connectivity index (χ3v) is 4.82. The Kier molecular flexibility index (Phi) is 4.53. The molecule has 1 aliphatic heterocycles. The Morgan fingerprint density at radius 1 is 1.04 bits per heavy atom. The molecule has 0 spiro atoms. The highest BCUT2D eigenvalue weighted by molar-refractivity contribution is 6.02. The van der Waals surface area contributed by atoms with E-state index in [0.29, 0.717) is 0 Å². The SMILES string of the molecule is Cc1cnc(N2CCNCC2)c2cccc(NCc3ccccc3)c12. The molecule has 3 aromatic rings. The molecule has 0 amide bonds. The van der Waals surface area contributed by atoms with Crippen molar-refractivity contribution in [2.45, 2.75) is 13.5 Å². The fraction of sp³-hybridized carbons (Fsp3) is 0.286. The van der Waals surface area contributed by atoms with Crippen LogP contribution in [0.25, 0.3) is 10.8 Å². The molecule has 1 aromatic heterocycles. The van der Waals surface area contributed by atoms with Crippen LogP contribution in [0.5, 0.6) is 0 Å². The van der Waals surface area contributed by atoms with Crippen LogP contribution < -0.4 is 15.5 Å². The third-order valence-electron chi connectivity index (χ3n) is 4.82. The van der Waals surface area contributed by atoms with E-state index >= 15 is 0 Å². The van der Waals surface area contributed by atoms with Crippen molar-refractivity contribution in [2.24, 2.45) is 0 Å². The van der Waals surface area contributed by atoms with Crippen LogP contribution in [-0.2, 0) is 6.54 Å². The van der Waals surface area contributed by atoms with Crippen molar-refractivity contribution in [1.29, 1.82) is 0 Å². The summed E-state index contributed by atoms with van der Waals surface area (Å²) in [7, 11) is 0. The maximum atomic E-state index is 4.76. The molecule has 2 N–H and O–H groups in total. The molecule has 4 nitrogen and oxygen atoms in total. The first kappa shape index (κ1) is 15.9. The number of fused-ring (bicyclic) bond motifs is 1. The molecule has 0 radical (unpaired) electrons. The predicted molar refractivity (Wildman–Crippen MR) is 105 cm³/mol. The summed E-state index contributed by atoms with van der Waals surface area (Å²) in [5, 5.41) is 9.54. The van der Waals surface area contributed by atoms with Crippen molar-refractivity contribution in [1.82, 2.24) is 10.3 Å². The largest absolute Gasteiger partial charge is 0.380 e. The topological polar surface area (TPSA) is 40.2 Å². The summed E-state index contributed by atoms with van der Waals surface area (Å²) in [5.41, 5.74) is 3.68. The molecule has 1 aliphatic rings. The van der Waals surface area contributed by atoms with Gasteiger partial charge >= 0.3 is 0 Å². The number of pyridine rings is 1. The van der Waals surface area contributed by atoms with E-state index in [2.05, 4.69) is 71.0 Å². The monoisotopic (exact) mass is 332 g/mol. The molecule has 0 saturated carbocycles. The van der Waals surface area contributed by atoms with Crippen molar-refractivity contribution < 1.29 is 0 Å². The molecule has 4 rings (SSSR count). The summed E-state index contributed by atoms with van der Waals surface area (Å²) < 4.78 is 0. The van der Waals surface area contributed by atoms with E-state index in [4.69, 9.17) is 4.98 Å². The van der Waals surface area contributed by atoms with Gasteiger partial charge in [0.15, 0.2) is 0 Å². The average Bonchev–Trinajstić information content (AvgIpc) is 2.68. The molecule has 0 aliphatic carbocycles. The summed E-state index contributed by atoms with van der Waals surface area (Å²) >= 11 is 0. The summed E-state index contributed by atoms with van der Waals surface area (Å²) in [6, 6.07) is 17.0. The van der Waals surface area contributed by atoms with Gasteiger partial charge in [-0.15, -0.1) is 0 Å². The molecule has 1 fully saturated rings. The molecule has 1 saturated heterocycles. The Labute approximate surface area is 148 Å². The van der Waals surface area contributed by atoms with Crippen molar-refractivity contribution >= 4 is 22.3 Å². The highest BCUT2D eigenvalue weighted by Gasteiger charge is 2.16. The van der Waals surface area contributed by atoms with Gasteiger partial charge in [0.05, 0.1) is 0 Å². The minimum absolute atomic E-state index is 0.824. The van der Waals surface area contributed by atoms with Crippen LogP contribution in [0, 0.1) is 6.92 Å². The van der Waals surface area contributed by atoms with E-state index < -0.39 is 0 Å². The summed E-state index contributed by atoms with van der Waals surface area (Å²) in [5.74, 6) is 1.10. The Balaban J connectivity index is 1.70. The first-order chi connectivity index (χ1) is 12.3. The predicted octanol–water partition coefficient (Wildman–Crippen LogP) is 3.56. The molecular weight excluding hydrogens is 308 g/mol. The van der Waals surface area contributed by atoms with Crippen LogP contribution in [0.1, 0.15) is 11.1 Å². The summed E-state index contributed by atoms with van der Waals surface area (Å²) in [6.07, 6.45) is 2.01. The highest BCUT2D eigenvalue weighted by Crippen LogP contribution is 2.32. The number of piperazine rings is 1. The quantitative estimate of drug-likeness (QED) is 0.766. The first-order valence-corrected chi connectivity index (χ1v) is 8.95. The van der Waals surface area contributed by atoms with Crippen molar-refractivity contribution in [2.75, 3.05) is 36.4 Å². The zero-order valence-electron chi connectivity index (χ0n) is 14.6. The van der Waals surface area contributed by atoms with Gasteiger partial charge in [-0.1, -0.05) is 42.5 Å². The lowest BCUT2D eigenvalue weighted by Gasteiger charge is -2.29. The fourth-order valence-corrected chi connectivity index (χ4v) is 3.52. The lowest BCUT2D eigenvalue weighted by Crippen LogP contribution is -2.44. The van der Waals surface area contributed by atoms with Gasteiger partial charge in [0.25, 0.3) is 0 Å². The summed E-state index contributed by atoms with van der Waals surface area (Å²) in [6.45, 7) is 7.01. The Bertz CT molecular complexity index is 854. The highest BCUT2D eigenvalue weighted by atomic mass is 15.2. The second-order valence-electron chi connectivity index (χ2n) is 6.57. The first-order valence-electron chi connectivity index (χ1n) is 8.95. The molecule has 2 aromatic carbocycles. The van der Waals surface area contributed by atoms with Crippen molar-refractivity contribution in [3.8, 4) is 0 Å². The number of aryl methyl sites for hydroxylation is 1. The standard InChI is InChI=1S/C21H24N4/c1-16-14-24-21(25-12-10-22-11-13-25)18-8-5-9-19(20(16)18)23-15-17-6-3-2-4-7-17/h2-9,14,22-23H,10-13,15H2,1H3. The minimum Gasteiger partial charge on any atom is -0.380 e. The fourth-order valence-electron chi connectivity index (χ4n) is 3.52. The number of hydrogen-bond acceptors (Lipinski definition) is 4. The molecule has 0 unspecified atom stereocenters. The van der Waals surface area contributed by atoms with Crippen LogP contribution in [0.2, 0.25) is 0 Å². The van der Waals surface area contributed by atoms with E-state index in [9.17, 15) is 0 Å². The molecular formula is C21H24N4. The van der Waals surface area contributed by atoms with E-state index in [-0.39, 0.29) is 0 Å². The van der Waals surface area contributed by atoms with E-state index in [1.807, 2.05) is 6.20 Å². The van der Waals surface area contributed by atoms with Gasteiger partial charge < -0.3 is 15.5 Å². The van der Waals surface area contributed by atoms with Gasteiger partial charge in [0, 0.05) is 55.4 Å². The second kappa shape index (κ2) is 7.11.